The van der Waals surface area contributed by atoms with Gasteiger partial charge in [0.05, 0.1) is 0 Å². The van der Waals surface area contributed by atoms with Crippen LogP contribution in [0.3, 0.4) is 0 Å². The number of alkyl halides is 1. The second-order valence-corrected chi connectivity index (χ2v) is 4.04. The average molecular weight is 217 g/mol. The smallest absolute Gasteiger partial charge is 0.0241 e. The van der Waals surface area contributed by atoms with Gasteiger partial charge in [-0.2, -0.15) is 0 Å². The minimum atomic E-state index is 0.817. The molecule has 0 radical (unpaired) electrons. The Labute approximate surface area is 78.2 Å². The number of hydrogen-bond donors (Lipinski definition) is 0. The Morgan fingerprint density at radius 3 is 2.18 bits per heavy atom. The monoisotopic (exact) mass is 216 g/mol. The van der Waals surface area contributed by atoms with Gasteiger partial charge >= 0.3 is 0 Å². The summed E-state index contributed by atoms with van der Waals surface area (Å²) in [6.45, 7) is 4.09. The summed E-state index contributed by atoms with van der Waals surface area (Å²) in [6, 6.07) is 0. The molecule has 0 bridgehead atoms. The Bertz CT molecular complexity index is 121. The van der Waals surface area contributed by atoms with E-state index in [2.05, 4.69) is 22.5 Å². The summed E-state index contributed by atoms with van der Waals surface area (Å²) < 4.78 is 0. The first-order valence-electron chi connectivity index (χ1n) is 4.58. The van der Waals surface area contributed by atoms with Crippen molar-refractivity contribution < 1.29 is 0 Å². The Kier molecular flexibility index (Phi) is 4.21. The molecule has 0 aromatic heterocycles. The van der Waals surface area contributed by atoms with Gasteiger partial charge in [0.15, 0.2) is 0 Å². The molecule has 0 aromatic carbocycles. The van der Waals surface area contributed by atoms with Crippen LogP contribution in [-0.4, -0.2) is 5.33 Å². The van der Waals surface area contributed by atoms with Gasteiger partial charge in [-0.1, -0.05) is 53.8 Å². The summed E-state index contributed by atoms with van der Waals surface area (Å²) in [5, 5.41) is 0.998. The minimum absolute atomic E-state index is 0.817. The van der Waals surface area contributed by atoms with Crippen LogP contribution in [0.5, 0.6) is 0 Å². The Balaban J connectivity index is 2.36. The fourth-order valence-corrected chi connectivity index (χ4v) is 2.25. The molecular formula is C10H17Br. The van der Waals surface area contributed by atoms with Crippen molar-refractivity contribution in [1.29, 1.82) is 0 Å². The van der Waals surface area contributed by atoms with Gasteiger partial charge in [-0.25, -0.2) is 0 Å². The Morgan fingerprint density at radius 2 is 1.73 bits per heavy atom. The lowest BCUT2D eigenvalue weighted by Gasteiger charge is -2.14. The molecule has 64 valence electrons. The molecule has 0 nitrogen and oxygen atoms in total. The van der Waals surface area contributed by atoms with Crippen LogP contribution in [0.25, 0.3) is 0 Å². The van der Waals surface area contributed by atoms with E-state index >= 15 is 0 Å². The van der Waals surface area contributed by atoms with Crippen molar-refractivity contribution in [2.45, 2.75) is 38.5 Å². The van der Waals surface area contributed by atoms with Crippen molar-refractivity contribution in [1.82, 2.24) is 0 Å². The van der Waals surface area contributed by atoms with Crippen LogP contribution in [0.15, 0.2) is 12.2 Å². The summed E-state index contributed by atoms with van der Waals surface area (Å²) in [5.41, 5.74) is 1.41. The summed E-state index contributed by atoms with van der Waals surface area (Å²) in [5.74, 6) is 0.817. The highest BCUT2D eigenvalue weighted by molar-refractivity contribution is 9.09. The molecule has 0 atom stereocenters. The van der Waals surface area contributed by atoms with Crippen molar-refractivity contribution in [3.63, 3.8) is 0 Å². The standard InChI is InChI=1S/C10H17Br/c1-9(8-11)10-6-4-2-3-5-7-10/h10H,1-8H2. The lowest BCUT2D eigenvalue weighted by Crippen LogP contribution is -2.02. The SMILES string of the molecule is C=C(CBr)C1CCCCCC1. The second kappa shape index (κ2) is 4.97. The first kappa shape index (κ1) is 9.31. The lowest BCUT2D eigenvalue weighted by atomic mass is 9.94. The van der Waals surface area contributed by atoms with E-state index in [1.807, 2.05) is 0 Å². The molecule has 1 fully saturated rings. The summed E-state index contributed by atoms with van der Waals surface area (Å²) in [6.07, 6.45) is 8.46. The normalized spacial score (nSPS) is 21.2. The van der Waals surface area contributed by atoms with E-state index in [-0.39, 0.29) is 0 Å². The van der Waals surface area contributed by atoms with Gasteiger partial charge in [0.25, 0.3) is 0 Å². The number of hydrogen-bond acceptors (Lipinski definition) is 0. The maximum absolute atomic E-state index is 4.09. The first-order valence-corrected chi connectivity index (χ1v) is 5.70. The zero-order chi connectivity index (χ0) is 8.10. The van der Waals surface area contributed by atoms with E-state index < -0.39 is 0 Å². The fraction of sp³-hybridized carbons (Fsp3) is 0.800. The molecular weight excluding hydrogens is 200 g/mol. The summed E-state index contributed by atoms with van der Waals surface area (Å²) in [4.78, 5) is 0. The quantitative estimate of drug-likeness (QED) is 0.373. The summed E-state index contributed by atoms with van der Waals surface area (Å²) in [7, 11) is 0. The molecule has 1 rings (SSSR count). The van der Waals surface area contributed by atoms with Gasteiger partial charge in [-0.15, -0.1) is 0 Å². The number of allylic oxidation sites excluding steroid dienone is 1. The maximum atomic E-state index is 4.09. The first-order chi connectivity index (χ1) is 5.34. The molecule has 0 aliphatic heterocycles. The highest BCUT2D eigenvalue weighted by Crippen LogP contribution is 2.28. The lowest BCUT2D eigenvalue weighted by molar-refractivity contribution is 0.534. The van der Waals surface area contributed by atoms with Crippen LogP contribution in [0.4, 0.5) is 0 Å². The van der Waals surface area contributed by atoms with Gasteiger partial charge in [-0.05, 0) is 18.8 Å². The highest BCUT2D eigenvalue weighted by Gasteiger charge is 2.13. The third kappa shape index (κ3) is 2.98. The van der Waals surface area contributed by atoms with E-state index in [1.54, 1.807) is 0 Å². The van der Waals surface area contributed by atoms with E-state index in [9.17, 15) is 0 Å². The molecule has 0 aromatic rings. The van der Waals surface area contributed by atoms with Gasteiger partial charge < -0.3 is 0 Å². The second-order valence-electron chi connectivity index (χ2n) is 3.48. The molecule has 0 heterocycles. The van der Waals surface area contributed by atoms with Crippen LogP contribution in [0, 0.1) is 5.92 Å². The van der Waals surface area contributed by atoms with E-state index in [0.717, 1.165) is 11.2 Å². The molecule has 0 unspecified atom stereocenters. The molecule has 0 spiro atoms. The van der Waals surface area contributed by atoms with Crippen molar-refractivity contribution >= 4 is 15.9 Å². The third-order valence-electron chi connectivity index (χ3n) is 2.60. The largest absolute Gasteiger partial charge is 0.0987 e. The van der Waals surface area contributed by atoms with E-state index in [1.165, 1.54) is 44.1 Å². The molecule has 0 amide bonds. The zero-order valence-electron chi connectivity index (χ0n) is 7.11. The van der Waals surface area contributed by atoms with Crippen molar-refractivity contribution in [2.24, 2.45) is 5.92 Å². The zero-order valence-corrected chi connectivity index (χ0v) is 8.70. The van der Waals surface area contributed by atoms with Crippen molar-refractivity contribution in [3.8, 4) is 0 Å². The highest BCUT2D eigenvalue weighted by atomic mass is 79.9. The molecule has 11 heavy (non-hydrogen) atoms. The fourth-order valence-electron chi connectivity index (χ4n) is 1.80. The molecule has 0 N–H and O–H groups in total. The van der Waals surface area contributed by atoms with E-state index in [4.69, 9.17) is 0 Å². The van der Waals surface area contributed by atoms with Crippen LogP contribution < -0.4 is 0 Å². The molecule has 1 saturated carbocycles. The predicted octanol–water partition coefficient (Wildman–Crippen LogP) is 3.91. The van der Waals surface area contributed by atoms with Gasteiger partial charge in [0, 0.05) is 5.33 Å². The summed E-state index contributed by atoms with van der Waals surface area (Å²) >= 11 is 3.48. The molecule has 0 saturated heterocycles. The van der Waals surface area contributed by atoms with E-state index in [0.29, 0.717) is 0 Å². The maximum Gasteiger partial charge on any atom is 0.0241 e. The Hall–Kier alpha value is 0.220. The van der Waals surface area contributed by atoms with Crippen LogP contribution in [-0.2, 0) is 0 Å². The third-order valence-corrected chi connectivity index (χ3v) is 3.32. The van der Waals surface area contributed by atoms with Crippen molar-refractivity contribution in [2.75, 3.05) is 5.33 Å². The van der Waals surface area contributed by atoms with Gasteiger partial charge in [0.1, 0.15) is 0 Å². The molecule has 1 aliphatic rings. The number of rotatable bonds is 2. The van der Waals surface area contributed by atoms with Crippen molar-refractivity contribution in [3.05, 3.63) is 12.2 Å². The van der Waals surface area contributed by atoms with Crippen LogP contribution in [0.1, 0.15) is 38.5 Å². The Morgan fingerprint density at radius 1 is 1.18 bits per heavy atom. The molecule has 1 aliphatic carbocycles. The van der Waals surface area contributed by atoms with Gasteiger partial charge in [-0.3, -0.25) is 0 Å². The molecule has 1 heteroatoms. The predicted molar refractivity (Wildman–Crippen MR) is 54.1 cm³/mol. The van der Waals surface area contributed by atoms with Crippen LogP contribution in [0.2, 0.25) is 0 Å². The minimum Gasteiger partial charge on any atom is -0.0987 e. The number of halogens is 1. The topological polar surface area (TPSA) is 0 Å². The van der Waals surface area contributed by atoms with Gasteiger partial charge in [0.2, 0.25) is 0 Å². The average Bonchev–Trinajstić information content (AvgIpc) is 2.30. The van der Waals surface area contributed by atoms with Crippen LogP contribution >= 0.6 is 15.9 Å².